The molecule has 140 valence electrons. The lowest BCUT2D eigenvalue weighted by molar-refractivity contribution is -0.145. The number of nitrogens with zero attached hydrogens (tertiary/aromatic N) is 1. The van der Waals surface area contributed by atoms with Crippen molar-refractivity contribution in [2.75, 3.05) is 19.8 Å². The van der Waals surface area contributed by atoms with Gasteiger partial charge in [0.15, 0.2) is 11.5 Å². The molecule has 0 spiro atoms. The number of ether oxygens (including phenoxy) is 2. The number of carboxylic acids is 1. The minimum absolute atomic E-state index is 0.0438. The van der Waals surface area contributed by atoms with Gasteiger partial charge in [-0.05, 0) is 57.4 Å². The van der Waals surface area contributed by atoms with Gasteiger partial charge in [0, 0.05) is 12.6 Å². The summed E-state index contributed by atoms with van der Waals surface area (Å²) in [5, 5.41) is 9.38. The normalized spacial score (nSPS) is 21.1. The molecule has 0 bridgehead atoms. The van der Waals surface area contributed by atoms with Crippen molar-refractivity contribution < 1.29 is 19.4 Å². The molecule has 2 atom stereocenters. The Hall–Kier alpha value is -1.75. The maximum absolute atomic E-state index is 11.4. The zero-order valence-corrected chi connectivity index (χ0v) is 15.7. The molecule has 1 aromatic carbocycles. The van der Waals surface area contributed by atoms with Gasteiger partial charge in [0.1, 0.15) is 0 Å². The van der Waals surface area contributed by atoms with Gasteiger partial charge in [-0.1, -0.05) is 19.4 Å². The molecule has 1 aromatic rings. The molecular weight excluding hydrogens is 318 g/mol. The second kappa shape index (κ2) is 9.66. The van der Waals surface area contributed by atoms with E-state index in [0.29, 0.717) is 13.2 Å². The number of unbranched alkanes of at least 4 members (excludes halogenated alkanes) is 1. The molecule has 0 radical (unpaired) electrons. The summed E-state index contributed by atoms with van der Waals surface area (Å²) in [4.78, 5) is 13.7. The van der Waals surface area contributed by atoms with E-state index < -0.39 is 5.97 Å². The van der Waals surface area contributed by atoms with Crippen LogP contribution in [0.3, 0.4) is 0 Å². The van der Waals surface area contributed by atoms with Crippen molar-refractivity contribution >= 4 is 5.97 Å². The highest BCUT2D eigenvalue weighted by molar-refractivity contribution is 5.71. The van der Waals surface area contributed by atoms with Crippen molar-refractivity contribution in [3.63, 3.8) is 0 Å². The minimum atomic E-state index is -0.688. The topological polar surface area (TPSA) is 59.0 Å². The van der Waals surface area contributed by atoms with Crippen LogP contribution in [0.15, 0.2) is 18.2 Å². The van der Waals surface area contributed by atoms with Gasteiger partial charge in [-0.15, -0.1) is 0 Å². The number of likely N-dealkylation sites (tertiary alicyclic amines) is 1. The first kappa shape index (κ1) is 19.6. The lowest BCUT2D eigenvalue weighted by atomic mass is 9.90. The van der Waals surface area contributed by atoms with Crippen LogP contribution in [0.5, 0.6) is 11.5 Å². The Morgan fingerprint density at radius 2 is 2.08 bits per heavy atom. The quantitative estimate of drug-likeness (QED) is 0.684. The number of aliphatic carboxylic acids is 1. The van der Waals surface area contributed by atoms with Gasteiger partial charge in [0.05, 0.1) is 19.1 Å². The number of rotatable bonds is 9. The van der Waals surface area contributed by atoms with Crippen LogP contribution in [0, 0.1) is 5.92 Å². The summed E-state index contributed by atoms with van der Waals surface area (Å²) >= 11 is 0. The van der Waals surface area contributed by atoms with E-state index in [1.165, 1.54) is 0 Å². The first-order valence-corrected chi connectivity index (χ1v) is 9.42. The Morgan fingerprint density at radius 3 is 2.76 bits per heavy atom. The van der Waals surface area contributed by atoms with Gasteiger partial charge < -0.3 is 14.6 Å². The molecule has 1 N–H and O–H groups in total. The van der Waals surface area contributed by atoms with Gasteiger partial charge in [0.2, 0.25) is 0 Å². The van der Waals surface area contributed by atoms with Crippen LogP contribution in [0.25, 0.3) is 0 Å². The van der Waals surface area contributed by atoms with Crippen molar-refractivity contribution in [2.24, 2.45) is 5.92 Å². The van der Waals surface area contributed by atoms with E-state index in [2.05, 4.69) is 17.9 Å². The van der Waals surface area contributed by atoms with Gasteiger partial charge in [-0.3, -0.25) is 9.69 Å². The van der Waals surface area contributed by atoms with E-state index >= 15 is 0 Å². The molecule has 1 aliphatic heterocycles. The van der Waals surface area contributed by atoms with Crippen LogP contribution in [0.4, 0.5) is 0 Å². The summed E-state index contributed by atoms with van der Waals surface area (Å²) in [7, 11) is 0. The standard InChI is InChI=1S/C20H31NO4/c1-4-6-12-25-18-10-9-16(13-19(18)24-5-2)14-21-11-7-8-17(15(21)3)20(22)23/h9-10,13,15,17H,4-8,11-12,14H2,1-3H3,(H,22,23)/t15-,17-/m0/s1. The van der Waals surface area contributed by atoms with Gasteiger partial charge >= 0.3 is 5.97 Å². The molecule has 1 fully saturated rings. The largest absolute Gasteiger partial charge is 0.490 e. The first-order chi connectivity index (χ1) is 12.1. The van der Waals surface area contributed by atoms with E-state index in [1.54, 1.807) is 0 Å². The Labute approximate surface area is 150 Å². The summed E-state index contributed by atoms with van der Waals surface area (Å²) in [6.45, 7) is 9.08. The number of benzene rings is 1. The van der Waals surface area contributed by atoms with Crippen LogP contribution >= 0.6 is 0 Å². The van der Waals surface area contributed by atoms with Crippen molar-refractivity contribution in [3.05, 3.63) is 23.8 Å². The average Bonchev–Trinajstić information content (AvgIpc) is 2.59. The highest BCUT2D eigenvalue weighted by atomic mass is 16.5. The van der Waals surface area contributed by atoms with Crippen LogP contribution in [0.2, 0.25) is 0 Å². The third kappa shape index (κ3) is 5.36. The van der Waals surface area contributed by atoms with Gasteiger partial charge in [0.25, 0.3) is 0 Å². The number of piperidine rings is 1. The van der Waals surface area contributed by atoms with E-state index in [-0.39, 0.29) is 12.0 Å². The smallest absolute Gasteiger partial charge is 0.308 e. The fraction of sp³-hybridized carbons (Fsp3) is 0.650. The first-order valence-electron chi connectivity index (χ1n) is 9.42. The van der Waals surface area contributed by atoms with Crippen molar-refractivity contribution in [2.45, 2.75) is 59.0 Å². The Balaban J connectivity index is 2.08. The molecule has 1 aliphatic rings. The van der Waals surface area contributed by atoms with Crippen LogP contribution < -0.4 is 9.47 Å². The number of hydrogen-bond acceptors (Lipinski definition) is 4. The lowest BCUT2D eigenvalue weighted by Crippen LogP contribution is -2.45. The zero-order valence-electron chi connectivity index (χ0n) is 15.7. The van der Waals surface area contributed by atoms with Crippen LogP contribution in [-0.2, 0) is 11.3 Å². The molecule has 25 heavy (non-hydrogen) atoms. The maximum atomic E-state index is 11.4. The Kier molecular flexibility index (Phi) is 7.56. The summed E-state index contributed by atoms with van der Waals surface area (Å²) in [5.41, 5.74) is 1.13. The van der Waals surface area contributed by atoms with E-state index in [0.717, 1.165) is 55.8 Å². The summed E-state index contributed by atoms with van der Waals surface area (Å²) in [6.07, 6.45) is 3.81. The van der Waals surface area contributed by atoms with E-state index in [9.17, 15) is 9.90 Å². The molecule has 0 aliphatic carbocycles. The van der Waals surface area contributed by atoms with Gasteiger partial charge in [-0.2, -0.15) is 0 Å². The van der Waals surface area contributed by atoms with Crippen molar-refractivity contribution in [1.82, 2.24) is 4.90 Å². The molecule has 1 saturated heterocycles. The molecule has 1 heterocycles. The molecule has 0 saturated carbocycles. The second-order valence-electron chi connectivity index (χ2n) is 6.71. The van der Waals surface area contributed by atoms with Gasteiger partial charge in [-0.25, -0.2) is 0 Å². The summed E-state index contributed by atoms with van der Waals surface area (Å²) in [5.74, 6) is 0.591. The fourth-order valence-electron chi connectivity index (χ4n) is 3.37. The second-order valence-corrected chi connectivity index (χ2v) is 6.71. The SMILES string of the molecule is CCCCOc1ccc(CN2CCC[C@H](C(=O)O)[C@@H]2C)cc1OCC. The molecular formula is C20H31NO4. The van der Waals surface area contributed by atoms with Crippen molar-refractivity contribution in [1.29, 1.82) is 0 Å². The number of hydrogen-bond donors (Lipinski definition) is 1. The fourth-order valence-corrected chi connectivity index (χ4v) is 3.37. The molecule has 5 heteroatoms. The van der Waals surface area contributed by atoms with E-state index in [4.69, 9.17) is 9.47 Å². The lowest BCUT2D eigenvalue weighted by Gasteiger charge is -2.37. The molecule has 5 nitrogen and oxygen atoms in total. The predicted molar refractivity (Wildman–Crippen MR) is 98.2 cm³/mol. The van der Waals surface area contributed by atoms with Crippen molar-refractivity contribution in [3.8, 4) is 11.5 Å². The maximum Gasteiger partial charge on any atom is 0.308 e. The number of carbonyl (C=O) groups is 1. The summed E-state index contributed by atoms with van der Waals surface area (Å²) < 4.78 is 11.6. The highest BCUT2D eigenvalue weighted by Crippen LogP contribution is 2.31. The average molecular weight is 349 g/mol. The third-order valence-corrected chi connectivity index (χ3v) is 4.89. The third-order valence-electron chi connectivity index (χ3n) is 4.89. The zero-order chi connectivity index (χ0) is 18.2. The van der Waals surface area contributed by atoms with E-state index in [1.807, 2.05) is 26.0 Å². The number of carboxylic acid groups (broad SMARTS) is 1. The van der Waals surface area contributed by atoms with Crippen LogP contribution in [-0.4, -0.2) is 41.8 Å². The highest BCUT2D eigenvalue weighted by Gasteiger charge is 2.32. The Bertz CT molecular complexity index is 561. The Morgan fingerprint density at radius 1 is 1.28 bits per heavy atom. The molecule has 2 rings (SSSR count). The molecule has 0 unspecified atom stereocenters. The monoisotopic (exact) mass is 349 g/mol. The minimum Gasteiger partial charge on any atom is -0.490 e. The molecule has 0 amide bonds. The van der Waals surface area contributed by atoms with Crippen LogP contribution in [0.1, 0.15) is 52.0 Å². The predicted octanol–water partition coefficient (Wildman–Crippen LogP) is 3.95. The summed E-state index contributed by atoms with van der Waals surface area (Å²) in [6, 6.07) is 6.10. The molecule has 0 aromatic heterocycles.